The Kier molecular flexibility index (Phi) is 3.49. The van der Waals surface area contributed by atoms with Crippen molar-refractivity contribution >= 4 is 27.5 Å². The van der Waals surface area contributed by atoms with Gasteiger partial charge in [0.25, 0.3) is 11.6 Å². The molecule has 0 saturated carbocycles. The van der Waals surface area contributed by atoms with E-state index in [-0.39, 0.29) is 23.5 Å². The zero-order valence-corrected chi connectivity index (χ0v) is 12.5. The van der Waals surface area contributed by atoms with Gasteiger partial charge in [-0.25, -0.2) is 9.03 Å². The largest absolute Gasteiger partial charge is 0.326 e. The molecule has 0 radical (unpaired) electrons. The van der Waals surface area contributed by atoms with E-state index in [1.165, 1.54) is 36.4 Å². The monoisotopic (exact) mass is 333 g/mol. The number of amides is 1. The summed E-state index contributed by atoms with van der Waals surface area (Å²) >= 11 is 0. The van der Waals surface area contributed by atoms with Crippen LogP contribution in [0.2, 0.25) is 0 Å². The Morgan fingerprint density at radius 3 is 2.39 bits per heavy atom. The fourth-order valence-corrected chi connectivity index (χ4v) is 3.49. The van der Waals surface area contributed by atoms with Gasteiger partial charge in [0.05, 0.1) is 22.7 Å². The molecule has 0 aromatic heterocycles. The van der Waals surface area contributed by atoms with Crippen molar-refractivity contribution in [3.63, 3.8) is 0 Å². The molecule has 2 aromatic rings. The molecule has 23 heavy (non-hydrogen) atoms. The van der Waals surface area contributed by atoms with Crippen LogP contribution in [-0.4, -0.2) is 19.2 Å². The van der Waals surface area contributed by atoms with E-state index in [2.05, 4.69) is 0 Å². The molecule has 0 spiro atoms. The lowest BCUT2D eigenvalue weighted by molar-refractivity contribution is -0.384. The Morgan fingerprint density at radius 2 is 1.74 bits per heavy atom. The highest BCUT2D eigenvalue weighted by molar-refractivity contribution is 7.91. The van der Waals surface area contributed by atoms with Crippen LogP contribution in [0.15, 0.2) is 48.5 Å². The predicted octanol–water partition coefficient (Wildman–Crippen LogP) is 1.59. The van der Waals surface area contributed by atoms with E-state index in [1.807, 2.05) is 4.72 Å². The molecular weight excluding hydrogens is 322 g/mol. The summed E-state index contributed by atoms with van der Waals surface area (Å²) in [7, 11) is -4.01. The molecule has 0 aliphatic carbocycles. The first kappa shape index (κ1) is 15.0. The molecular formula is C14H11N3O5S. The smallest absolute Gasteiger partial charge is 0.268 e. The number of nitro groups is 1. The van der Waals surface area contributed by atoms with Gasteiger partial charge in [-0.05, 0) is 17.7 Å². The molecule has 1 N–H and O–H groups in total. The number of anilines is 1. The zero-order chi connectivity index (χ0) is 16.6. The fourth-order valence-electron chi connectivity index (χ4n) is 2.30. The highest BCUT2D eigenvalue weighted by Crippen LogP contribution is 2.28. The molecule has 0 saturated heterocycles. The third-order valence-corrected chi connectivity index (χ3v) is 4.75. The lowest BCUT2D eigenvalue weighted by atomic mass is 10.1. The van der Waals surface area contributed by atoms with E-state index in [0.717, 1.165) is 4.31 Å². The number of nitro benzene ring substituents is 1. The summed E-state index contributed by atoms with van der Waals surface area (Å²) in [5.74, 6) is -0.680. The number of para-hydroxylation sites is 1. The molecule has 1 heterocycles. The third-order valence-electron chi connectivity index (χ3n) is 3.40. The number of hydrogen-bond donors (Lipinski definition) is 1. The van der Waals surface area contributed by atoms with Crippen LogP contribution < -0.4 is 9.03 Å². The summed E-state index contributed by atoms with van der Waals surface area (Å²) < 4.78 is 27.5. The minimum atomic E-state index is -4.01. The number of hydrogen-bond acceptors (Lipinski definition) is 5. The van der Waals surface area contributed by atoms with Crippen molar-refractivity contribution < 1.29 is 18.1 Å². The zero-order valence-electron chi connectivity index (χ0n) is 11.7. The molecule has 0 atom stereocenters. The first-order valence-corrected chi connectivity index (χ1v) is 8.00. The van der Waals surface area contributed by atoms with Gasteiger partial charge < -0.3 is 0 Å². The van der Waals surface area contributed by atoms with Crippen molar-refractivity contribution in [1.29, 1.82) is 0 Å². The number of carbonyl (C=O) groups excluding carboxylic acids is 1. The Bertz CT molecular complexity index is 893. The van der Waals surface area contributed by atoms with Gasteiger partial charge in [-0.1, -0.05) is 24.3 Å². The Balaban J connectivity index is 1.99. The minimum absolute atomic E-state index is 0.0440. The van der Waals surface area contributed by atoms with Gasteiger partial charge in [0.2, 0.25) is 0 Å². The molecule has 8 nitrogen and oxygen atoms in total. The highest BCUT2D eigenvalue weighted by atomic mass is 32.2. The number of rotatable bonds is 3. The molecule has 1 amide bonds. The van der Waals surface area contributed by atoms with E-state index in [0.29, 0.717) is 5.56 Å². The quantitative estimate of drug-likeness (QED) is 0.677. The van der Waals surface area contributed by atoms with Crippen LogP contribution in [0.5, 0.6) is 0 Å². The average Bonchev–Trinajstić information content (AvgIpc) is 2.51. The Morgan fingerprint density at radius 1 is 1.09 bits per heavy atom. The van der Waals surface area contributed by atoms with Crippen molar-refractivity contribution in [3.8, 4) is 0 Å². The van der Waals surface area contributed by atoms with Crippen molar-refractivity contribution in [1.82, 2.24) is 4.72 Å². The van der Waals surface area contributed by atoms with E-state index in [1.54, 1.807) is 12.1 Å². The number of carbonyl (C=O) groups is 1. The van der Waals surface area contributed by atoms with Gasteiger partial charge in [-0.2, -0.15) is 8.42 Å². The fraction of sp³-hybridized carbons (Fsp3) is 0.0714. The van der Waals surface area contributed by atoms with Crippen molar-refractivity contribution in [3.05, 3.63) is 69.8 Å². The van der Waals surface area contributed by atoms with Crippen molar-refractivity contribution in [2.45, 2.75) is 6.54 Å². The summed E-state index contributed by atoms with van der Waals surface area (Å²) in [6.07, 6.45) is 0. The van der Waals surface area contributed by atoms with Gasteiger partial charge in [0.15, 0.2) is 0 Å². The van der Waals surface area contributed by atoms with E-state index in [9.17, 15) is 23.3 Å². The maximum atomic E-state index is 12.2. The maximum Gasteiger partial charge on any atom is 0.326 e. The Labute approximate surface area is 131 Å². The summed E-state index contributed by atoms with van der Waals surface area (Å²) in [5.41, 5.74) is 1.01. The van der Waals surface area contributed by atoms with Crippen molar-refractivity contribution in [2.75, 3.05) is 4.31 Å². The number of nitrogens with one attached hydrogen (secondary N) is 1. The van der Waals surface area contributed by atoms with Gasteiger partial charge in [0.1, 0.15) is 0 Å². The number of nitrogens with zero attached hydrogens (tertiary/aromatic N) is 2. The van der Waals surface area contributed by atoms with Crippen LogP contribution in [0.25, 0.3) is 0 Å². The van der Waals surface area contributed by atoms with E-state index in [4.69, 9.17) is 0 Å². The molecule has 0 unspecified atom stereocenters. The minimum Gasteiger partial charge on any atom is -0.268 e. The predicted molar refractivity (Wildman–Crippen MR) is 82.1 cm³/mol. The lowest BCUT2D eigenvalue weighted by Crippen LogP contribution is -2.48. The van der Waals surface area contributed by atoms with E-state index >= 15 is 0 Å². The van der Waals surface area contributed by atoms with E-state index < -0.39 is 21.0 Å². The number of benzene rings is 2. The maximum absolute atomic E-state index is 12.2. The standard InChI is InChI=1S/C14H11N3O5S/c18-14-12-3-1-2-4-13(12)16(23(21,22)15-14)9-10-5-7-11(8-6-10)17(19)20/h1-8H,9H2,(H,15,18). The van der Waals surface area contributed by atoms with Crippen LogP contribution in [0.1, 0.15) is 15.9 Å². The first-order valence-electron chi connectivity index (χ1n) is 6.56. The summed E-state index contributed by atoms with van der Waals surface area (Å²) in [4.78, 5) is 22.0. The van der Waals surface area contributed by atoms with Gasteiger partial charge in [-0.3, -0.25) is 14.9 Å². The SMILES string of the molecule is O=C1NS(=O)(=O)N(Cc2ccc([N+](=O)[O-])cc2)c2ccccc21. The second-order valence-corrected chi connectivity index (χ2v) is 6.48. The van der Waals surface area contributed by atoms with Gasteiger partial charge in [0, 0.05) is 12.1 Å². The molecule has 1 aliphatic heterocycles. The third kappa shape index (κ3) is 2.73. The molecule has 0 fully saturated rings. The molecule has 3 rings (SSSR count). The van der Waals surface area contributed by atoms with Crippen LogP contribution in [0.4, 0.5) is 11.4 Å². The van der Waals surface area contributed by atoms with Crippen LogP contribution >= 0.6 is 0 Å². The molecule has 9 heteroatoms. The summed E-state index contributed by atoms with van der Waals surface area (Å²) in [6, 6.07) is 11.9. The summed E-state index contributed by atoms with van der Waals surface area (Å²) in [6.45, 7) is -0.0440. The molecule has 0 bridgehead atoms. The van der Waals surface area contributed by atoms with Crippen LogP contribution in [0.3, 0.4) is 0 Å². The number of non-ortho nitro benzene ring substituents is 1. The Hall–Kier alpha value is -2.94. The topological polar surface area (TPSA) is 110 Å². The average molecular weight is 333 g/mol. The molecule has 1 aliphatic rings. The van der Waals surface area contributed by atoms with Crippen LogP contribution in [0, 0.1) is 10.1 Å². The second-order valence-electron chi connectivity index (χ2n) is 4.88. The molecule has 2 aromatic carbocycles. The highest BCUT2D eigenvalue weighted by Gasteiger charge is 2.33. The first-order chi connectivity index (χ1) is 10.9. The van der Waals surface area contributed by atoms with Crippen LogP contribution in [-0.2, 0) is 16.8 Å². The lowest BCUT2D eigenvalue weighted by Gasteiger charge is -2.30. The van der Waals surface area contributed by atoms with Gasteiger partial charge in [-0.15, -0.1) is 0 Å². The second kappa shape index (κ2) is 5.36. The normalized spacial score (nSPS) is 15.7. The van der Waals surface area contributed by atoms with Gasteiger partial charge >= 0.3 is 10.2 Å². The number of fused-ring (bicyclic) bond motifs is 1. The van der Waals surface area contributed by atoms with Crippen molar-refractivity contribution in [2.24, 2.45) is 0 Å². The summed E-state index contributed by atoms with van der Waals surface area (Å²) in [5, 5.41) is 10.7. The molecule has 118 valence electrons.